The highest BCUT2D eigenvalue weighted by Gasteiger charge is 2.22. The zero-order valence-electron chi connectivity index (χ0n) is 34.3. The van der Waals surface area contributed by atoms with E-state index in [0.717, 1.165) is 37.4 Å². The van der Waals surface area contributed by atoms with Crippen molar-refractivity contribution in [3.63, 3.8) is 0 Å². The van der Waals surface area contributed by atoms with Crippen molar-refractivity contribution < 1.29 is 37.0 Å². The minimum Gasteiger partial charge on any atom is -0.478 e. The predicted octanol–water partition coefficient (Wildman–Crippen LogP) is 9.37. The first-order chi connectivity index (χ1) is 31.2. The molecule has 1 N–H and O–H groups in total. The number of aromatic nitrogens is 6. The molecule has 4 aromatic carbocycles. The van der Waals surface area contributed by atoms with Crippen LogP contribution in [0.15, 0.2) is 118 Å². The highest BCUT2D eigenvalue weighted by Crippen LogP contribution is 2.33. The topological polar surface area (TPSA) is 143 Å². The molecule has 12 nitrogen and oxygen atoms in total. The molecule has 0 atom stereocenters. The van der Waals surface area contributed by atoms with E-state index >= 15 is 17.6 Å². The molecular weight excluding hydrogens is 885 g/mol. The Bertz CT molecular complexity index is 3650. The van der Waals surface area contributed by atoms with Crippen LogP contribution in [-0.2, 0) is 31.9 Å². The predicted molar refractivity (Wildman–Crippen MR) is 241 cm³/mol. The number of aromatic carboxylic acids is 1. The van der Waals surface area contributed by atoms with Gasteiger partial charge in [-0.1, -0.05) is 24.3 Å². The van der Waals surface area contributed by atoms with E-state index in [1.54, 1.807) is 76.9 Å². The number of aryl methyl sites for hydroxylation is 2. The summed E-state index contributed by atoms with van der Waals surface area (Å²) in [5.41, 5.74) is 1.94. The normalized spacial score (nSPS) is 11.4. The molecule has 0 fully saturated rings. The van der Waals surface area contributed by atoms with Gasteiger partial charge >= 0.3 is 11.9 Å². The summed E-state index contributed by atoms with van der Waals surface area (Å²) in [7, 11) is 4.78. The van der Waals surface area contributed by atoms with Crippen LogP contribution in [-0.4, -0.2) is 52.9 Å². The maximum Gasteiger partial charge on any atom is 0.340 e. The summed E-state index contributed by atoms with van der Waals surface area (Å²) in [6.45, 7) is -0.802. The molecule has 10 aromatic rings. The quantitative estimate of drug-likeness (QED) is 0.117. The van der Waals surface area contributed by atoms with Crippen molar-refractivity contribution in [2.75, 3.05) is 7.11 Å². The van der Waals surface area contributed by atoms with E-state index < -0.39 is 52.9 Å². The number of carboxylic acid groups (broad SMARTS) is 1. The summed E-state index contributed by atoms with van der Waals surface area (Å²) in [5.74, 6) is -5.07. The van der Waals surface area contributed by atoms with Gasteiger partial charge in [0.1, 0.15) is 23.3 Å². The molecule has 0 aliphatic rings. The van der Waals surface area contributed by atoms with Crippen LogP contribution in [0.2, 0.25) is 0 Å². The first-order valence-corrected chi connectivity index (χ1v) is 21.3. The number of hydrogen-bond acceptors (Lipinski definition) is 9. The average Bonchev–Trinajstić information content (AvgIpc) is 4.10. The fourth-order valence-electron chi connectivity index (χ4n) is 7.86. The highest BCUT2D eigenvalue weighted by atomic mass is 32.1. The second-order valence-corrected chi connectivity index (χ2v) is 16.8. The van der Waals surface area contributed by atoms with E-state index in [1.165, 1.54) is 55.0 Å². The van der Waals surface area contributed by atoms with Crippen LogP contribution >= 0.6 is 22.7 Å². The molecule has 0 radical (unpaired) electrons. The summed E-state index contributed by atoms with van der Waals surface area (Å²) in [4.78, 5) is 49.4. The largest absolute Gasteiger partial charge is 0.478 e. The monoisotopic (exact) mass is 916 g/mol. The third-order valence-corrected chi connectivity index (χ3v) is 12.8. The fourth-order valence-corrected chi connectivity index (χ4v) is 9.63. The summed E-state index contributed by atoms with van der Waals surface area (Å²) in [5, 5.41) is 23.4. The van der Waals surface area contributed by atoms with Crippen molar-refractivity contribution in [3.8, 4) is 22.3 Å². The molecule has 326 valence electrons. The molecule has 0 unspecified atom stereocenters. The number of carbonyl (C=O) groups excluding carboxylic acids is 1. The molecule has 6 heterocycles. The van der Waals surface area contributed by atoms with Gasteiger partial charge in [-0.15, -0.1) is 22.7 Å². The molecule has 10 rings (SSSR count). The van der Waals surface area contributed by atoms with Crippen LogP contribution in [0.1, 0.15) is 31.8 Å². The van der Waals surface area contributed by atoms with Gasteiger partial charge in [-0.3, -0.25) is 19.0 Å². The Kier molecular flexibility index (Phi) is 11.0. The average molecular weight is 917 g/mol. The molecule has 0 saturated carbocycles. The number of esters is 1. The summed E-state index contributed by atoms with van der Waals surface area (Å²) in [6.07, 6.45) is 5.98. The maximum absolute atomic E-state index is 15.1. The highest BCUT2D eigenvalue weighted by molar-refractivity contribution is 7.17. The standard InChI is InChI=1S/C24H17F2N3O3S.C23H15F2N3O3S/c1-28-10-16-14(4-3-5-21(16)27-28)13-8-19(25)17(20(26)9-13)11-29-12-18(24(31)32-2)22-15(23(29)30)6-7-33-22;1-27-9-15-13(3-2-4-20(15)26-27)12-7-18(24)16(19(25)8-12)10-28-11-17(23(30)31)21-14(22(28)29)5-6-32-21/h3-10,12H,11H2,1-2H3;2-9,11H,10H2,1H3,(H,30,31). The van der Waals surface area contributed by atoms with Crippen molar-refractivity contribution >= 4 is 76.6 Å². The molecular formula is C47H32F4N6O6S2. The molecule has 0 spiro atoms. The third-order valence-electron chi connectivity index (χ3n) is 10.9. The Balaban J connectivity index is 0.000000164. The number of carbonyl (C=O) groups is 2. The lowest BCUT2D eigenvalue weighted by Crippen LogP contribution is -2.23. The van der Waals surface area contributed by atoms with Gasteiger partial charge in [0.2, 0.25) is 0 Å². The number of benzene rings is 4. The van der Waals surface area contributed by atoms with Crippen molar-refractivity contribution in [2.24, 2.45) is 14.1 Å². The Labute approximate surface area is 372 Å². The molecule has 6 aromatic heterocycles. The minimum atomic E-state index is -1.22. The number of hydrogen-bond donors (Lipinski definition) is 1. The molecule has 0 saturated heterocycles. The van der Waals surface area contributed by atoms with Crippen molar-refractivity contribution in [1.29, 1.82) is 0 Å². The van der Waals surface area contributed by atoms with Gasteiger partial charge in [-0.05, 0) is 81.5 Å². The van der Waals surface area contributed by atoms with Crippen LogP contribution in [0.4, 0.5) is 17.6 Å². The molecule has 0 aliphatic carbocycles. The Morgan fingerprint density at radius 2 is 1.03 bits per heavy atom. The Morgan fingerprint density at radius 1 is 0.615 bits per heavy atom. The number of carboxylic acids is 1. The van der Waals surface area contributed by atoms with Crippen LogP contribution in [0.3, 0.4) is 0 Å². The summed E-state index contributed by atoms with van der Waals surface area (Å²) < 4.78 is 71.4. The van der Waals surface area contributed by atoms with Gasteiger partial charge < -0.3 is 19.0 Å². The lowest BCUT2D eigenvalue weighted by atomic mass is 9.99. The SMILES string of the molecule is COC(=O)c1cn(Cc2c(F)cc(-c3cccc4nn(C)cc34)cc2F)c(=O)c2ccsc12.Cn1cc2c(-c3cc(F)c(Cn4cc(C(=O)O)c5sccc5c4=O)c(F)c3)cccc2n1. The van der Waals surface area contributed by atoms with Crippen molar-refractivity contribution in [3.05, 3.63) is 175 Å². The van der Waals surface area contributed by atoms with Crippen LogP contribution in [0.25, 0.3) is 64.2 Å². The van der Waals surface area contributed by atoms with E-state index in [4.69, 9.17) is 4.74 Å². The van der Waals surface area contributed by atoms with Crippen LogP contribution < -0.4 is 11.1 Å². The smallest absolute Gasteiger partial charge is 0.340 e. The van der Waals surface area contributed by atoms with Gasteiger partial charge in [0.15, 0.2) is 0 Å². The zero-order valence-corrected chi connectivity index (χ0v) is 35.9. The van der Waals surface area contributed by atoms with Gasteiger partial charge in [0, 0.05) is 60.8 Å². The van der Waals surface area contributed by atoms with Gasteiger partial charge in [-0.2, -0.15) is 10.2 Å². The van der Waals surface area contributed by atoms with Crippen molar-refractivity contribution in [2.45, 2.75) is 13.1 Å². The molecule has 0 amide bonds. The number of rotatable bonds is 8. The minimum absolute atomic E-state index is 0.0877. The molecule has 0 aliphatic heterocycles. The first-order valence-electron chi connectivity index (χ1n) is 19.5. The second-order valence-electron chi connectivity index (χ2n) is 15.0. The number of pyridine rings is 2. The lowest BCUT2D eigenvalue weighted by Gasteiger charge is -2.12. The molecule has 18 heteroatoms. The number of fused-ring (bicyclic) bond motifs is 4. The number of ether oxygens (including phenoxy) is 1. The Hall–Kier alpha value is -7.70. The van der Waals surface area contributed by atoms with Gasteiger partial charge in [0.25, 0.3) is 11.1 Å². The summed E-state index contributed by atoms with van der Waals surface area (Å²) >= 11 is 2.36. The van der Waals surface area contributed by atoms with E-state index in [1.807, 2.05) is 12.1 Å². The number of halogens is 4. The van der Waals surface area contributed by atoms with E-state index in [-0.39, 0.29) is 34.2 Å². The van der Waals surface area contributed by atoms with Crippen LogP contribution in [0.5, 0.6) is 0 Å². The maximum atomic E-state index is 15.1. The van der Waals surface area contributed by atoms with Crippen molar-refractivity contribution in [1.82, 2.24) is 28.7 Å². The molecule has 65 heavy (non-hydrogen) atoms. The number of thiophene rings is 2. The second kappa shape index (κ2) is 16.8. The third kappa shape index (κ3) is 7.76. The zero-order chi connectivity index (χ0) is 45.8. The Morgan fingerprint density at radius 3 is 1.45 bits per heavy atom. The van der Waals surface area contributed by atoms with E-state index in [2.05, 4.69) is 10.2 Å². The van der Waals surface area contributed by atoms with Gasteiger partial charge in [0.05, 0.1) is 62.5 Å². The number of methoxy groups -OCH3 is 1. The van der Waals surface area contributed by atoms with E-state index in [9.17, 15) is 24.3 Å². The summed E-state index contributed by atoms with van der Waals surface area (Å²) in [6, 6.07) is 18.7. The lowest BCUT2D eigenvalue weighted by molar-refractivity contribution is 0.0601. The first kappa shape index (κ1) is 42.6. The van der Waals surface area contributed by atoms with Gasteiger partial charge in [-0.25, -0.2) is 27.2 Å². The fraction of sp³-hybridized carbons (Fsp3) is 0.106. The molecule has 0 bridgehead atoms. The van der Waals surface area contributed by atoms with E-state index in [0.29, 0.717) is 48.1 Å². The van der Waals surface area contributed by atoms with Crippen LogP contribution in [0, 0.1) is 23.3 Å². The number of nitrogens with zero attached hydrogens (tertiary/aromatic N) is 6.